The average Bonchev–Trinajstić information content (AvgIpc) is 2.70. The van der Waals surface area contributed by atoms with Gasteiger partial charge in [-0.05, 0) is 44.4 Å². The highest BCUT2D eigenvalue weighted by molar-refractivity contribution is 5.94. The van der Waals surface area contributed by atoms with Crippen LogP contribution in [-0.4, -0.2) is 56.7 Å². The molecule has 2 N–H and O–H groups in total. The van der Waals surface area contributed by atoms with Crippen LogP contribution in [-0.2, 0) is 11.3 Å². The number of carbonyl (C=O) groups is 1. The first-order valence-electron chi connectivity index (χ1n) is 10.1. The van der Waals surface area contributed by atoms with Gasteiger partial charge < -0.3 is 20.3 Å². The Hall–Kier alpha value is -2.08. The van der Waals surface area contributed by atoms with Crippen molar-refractivity contribution in [2.45, 2.75) is 46.6 Å². The van der Waals surface area contributed by atoms with Crippen molar-refractivity contribution >= 4 is 11.9 Å². The number of ether oxygens (including phenoxy) is 1. The SMILES string of the molecule is CCCCOCCCNC(=NC)NCc1ccc(C(=O)N(CC)CC)cc1. The van der Waals surface area contributed by atoms with E-state index in [0.717, 1.165) is 62.8 Å². The molecule has 1 rings (SSSR count). The number of hydrogen-bond acceptors (Lipinski definition) is 3. The van der Waals surface area contributed by atoms with Crippen LogP contribution in [0.4, 0.5) is 0 Å². The maximum absolute atomic E-state index is 12.3. The monoisotopic (exact) mass is 376 g/mol. The number of hydrogen-bond donors (Lipinski definition) is 2. The number of guanidine groups is 1. The van der Waals surface area contributed by atoms with Crippen molar-refractivity contribution in [2.75, 3.05) is 39.9 Å². The molecule has 0 saturated carbocycles. The number of amides is 1. The molecule has 0 aliphatic heterocycles. The predicted octanol–water partition coefficient (Wildman–Crippen LogP) is 3.04. The molecular formula is C21H36N4O2. The molecule has 1 amide bonds. The maximum atomic E-state index is 12.3. The highest BCUT2D eigenvalue weighted by atomic mass is 16.5. The van der Waals surface area contributed by atoms with Gasteiger partial charge in [-0.25, -0.2) is 0 Å². The Morgan fingerprint density at radius 1 is 1.04 bits per heavy atom. The van der Waals surface area contributed by atoms with E-state index < -0.39 is 0 Å². The Morgan fingerprint density at radius 2 is 1.70 bits per heavy atom. The molecule has 152 valence electrons. The van der Waals surface area contributed by atoms with E-state index in [1.54, 1.807) is 7.05 Å². The van der Waals surface area contributed by atoms with Crippen molar-refractivity contribution in [3.8, 4) is 0 Å². The molecule has 0 unspecified atom stereocenters. The first kappa shape index (κ1) is 23.0. The van der Waals surface area contributed by atoms with Gasteiger partial charge in [0.1, 0.15) is 0 Å². The van der Waals surface area contributed by atoms with Crippen molar-refractivity contribution in [3.63, 3.8) is 0 Å². The van der Waals surface area contributed by atoms with E-state index in [1.165, 1.54) is 6.42 Å². The number of aliphatic imine (C=N–C) groups is 1. The number of benzene rings is 1. The number of carbonyl (C=O) groups excluding carboxylic acids is 1. The summed E-state index contributed by atoms with van der Waals surface area (Å²) >= 11 is 0. The standard InChI is InChI=1S/C21H36N4O2/c1-5-8-15-27-16-9-14-23-21(22-4)24-17-18-10-12-19(13-11-18)20(26)25(6-2)7-3/h10-13H,5-9,14-17H2,1-4H3,(H2,22,23,24). The summed E-state index contributed by atoms with van der Waals surface area (Å²) in [7, 11) is 1.76. The van der Waals surface area contributed by atoms with E-state index in [9.17, 15) is 4.79 Å². The quantitative estimate of drug-likeness (QED) is 0.334. The molecular weight excluding hydrogens is 340 g/mol. The molecule has 0 bridgehead atoms. The molecule has 0 aromatic heterocycles. The van der Waals surface area contributed by atoms with Crippen molar-refractivity contribution in [2.24, 2.45) is 4.99 Å². The molecule has 0 saturated heterocycles. The van der Waals surface area contributed by atoms with Crippen LogP contribution < -0.4 is 10.6 Å². The van der Waals surface area contributed by atoms with E-state index in [4.69, 9.17) is 4.74 Å². The lowest BCUT2D eigenvalue weighted by Gasteiger charge is -2.18. The van der Waals surface area contributed by atoms with Gasteiger partial charge in [0.15, 0.2) is 5.96 Å². The molecule has 0 atom stereocenters. The second-order valence-corrected chi connectivity index (χ2v) is 6.35. The number of unbranched alkanes of at least 4 members (excludes halogenated alkanes) is 1. The molecule has 0 aliphatic carbocycles. The molecule has 1 aromatic carbocycles. The molecule has 0 aliphatic rings. The molecule has 1 aromatic rings. The molecule has 0 radical (unpaired) electrons. The van der Waals surface area contributed by atoms with Crippen molar-refractivity contribution in [1.82, 2.24) is 15.5 Å². The summed E-state index contributed by atoms with van der Waals surface area (Å²) in [4.78, 5) is 18.4. The van der Waals surface area contributed by atoms with Crippen LogP contribution in [0.3, 0.4) is 0 Å². The first-order valence-corrected chi connectivity index (χ1v) is 10.1. The Balaban J connectivity index is 2.35. The minimum absolute atomic E-state index is 0.0816. The van der Waals surface area contributed by atoms with Crippen LogP contribution in [0.25, 0.3) is 0 Å². The highest BCUT2D eigenvalue weighted by Crippen LogP contribution is 2.08. The molecule has 0 fully saturated rings. The summed E-state index contributed by atoms with van der Waals surface area (Å²) in [6.45, 7) is 10.7. The van der Waals surface area contributed by atoms with Crippen molar-refractivity contribution in [3.05, 3.63) is 35.4 Å². The van der Waals surface area contributed by atoms with Crippen molar-refractivity contribution in [1.29, 1.82) is 0 Å². The van der Waals surface area contributed by atoms with Gasteiger partial charge >= 0.3 is 0 Å². The third kappa shape index (κ3) is 8.91. The normalized spacial score (nSPS) is 11.3. The number of nitrogens with one attached hydrogen (secondary N) is 2. The van der Waals surface area contributed by atoms with E-state index >= 15 is 0 Å². The summed E-state index contributed by atoms with van der Waals surface area (Å²) in [5, 5.41) is 6.58. The largest absolute Gasteiger partial charge is 0.381 e. The summed E-state index contributed by atoms with van der Waals surface area (Å²) < 4.78 is 5.55. The zero-order chi connectivity index (χ0) is 19.9. The van der Waals surface area contributed by atoms with Gasteiger partial charge in [0.2, 0.25) is 0 Å². The van der Waals surface area contributed by atoms with E-state index in [2.05, 4.69) is 22.5 Å². The van der Waals surface area contributed by atoms with Crippen LogP contribution in [0.1, 0.15) is 56.0 Å². The third-order valence-electron chi connectivity index (χ3n) is 4.34. The smallest absolute Gasteiger partial charge is 0.253 e. The second-order valence-electron chi connectivity index (χ2n) is 6.35. The first-order chi connectivity index (χ1) is 13.2. The molecule has 0 spiro atoms. The Morgan fingerprint density at radius 3 is 2.30 bits per heavy atom. The molecule has 6 nitrogen and oxygen atoms in total. The Labute approximate surface area is 164 Å². The second kappa shape index (κ2) is 14.0. The number of nitrogens with zero attached hydrogens (tertiary/aromatic N) is 2. The molecule has 27 heavy (non-hydrogen) atoms. The average molecular weight is 377 g/mol. The highest BCUT2D eigenvalue weighted by Gasteiger charge is 2.11. The van der Waals surface area contributed by atoms with Gasteiger partial charge in [0.05, 0.1) is 0 Å². The topological polar surface area (TPSA) is 66.0 Å². The fourth-order valence-electron chi connectivity index (χ4n) is 2.59. The summed E-state index contributed by atoms with van der Waals surface area (Å²) in [6, 6.07) is 7.75. The lowest BCUT2D eigenvalue weighted by atomic mass is 10.1. The Bertz CT molecular complexity index is 554. The van der Waals surface area contributed by atoms with Crippen LogP contribution in [0.2, 0.25) is 0 Å². The Kier molecular flexibility index (Phi) is 11.9. The summed E-state index contributed by atoms with van der Waals surface area (Å²) in [5.74, 6) is 0.852. The van der Waals surface area contributed by atoms with E-state index in [0.29, 0.717) is 6.54 Å². The summed E-state index contributed by atoms with van der Waals surface area (Å²) in [6.07, 6.45) is 3.24. The lowest BCUT2D eigenvalue weighted by Crippen LogP contribution is -2.37. The van der Waals surface area contributed by atoms with Gasteiger partial charge in [-0.15, -0.1) is 0 Å². The minimum Gasteiger partial charge on any atom is -0.381 e. The zero-order valence-electron chi connectivity index (χ0n) is 17.4. The van der Waals surface area contributed by atoms with Gasteiger partial charge in [0, 0.05) is 52.0 Å². The van der Waals surface area contributed by atoms with Crippen LogP contribution >= 0.6 is 0 Å². The fraction of sp³-hybridized carbons (Fsp3) is 0.619. The van der Waals surface area contributed by atoms with Gasteiger partial charge in [-0.2, -0.15) is 0 Å². The lowest BCUT2D eigenvalue weighted by molar-refractivity contribution is 0.0773. The third-order valence-corrected chi connectivity index (χ3v) is 4.34. The molecule has 6 heteroatoms. The van der Waals surface area contributed by atoms with Crippen LogP contribution in [0, 0.1) is 0 Å². The van der Waals surface area contributed by atoms with E-state index in [-0.39, 0.29) is 5.91 Å². The minimum atomic E-state index is 0.0816. The predicted molar refractivity (Wildman–Crippen MR) is 112 cm³/mol. The van der Waals surface area contributed by atoms with Crippen LogP contribution in [0.15, 0.2) is 29.3 Å². The fourth-order valence-corrected chi connectivity index (χ4v) is 2.59. The van der Waals surface area contributed by atoms with E-state index in [1.807, 2.05) is 43.0 Å². The molecule has 0 heterocycles. The summed E-state index contributed by atoms with van der Waals surface area (Å²) in [5.41, 5.74) is 1.84. The van der Waals surface area contributed by atoms with Crippen LogP contribution in [0.5, 0.6) is 0 Å². The van der Waals surface area contributed by atoms with Gasteiger partial charge in [0.25, 0.3) is 5.91 Å². The maximum Gasteiger partial charge on any atom is 0.253 e. The number of rotatable bonds is 12. The van der Waals surface area contributed by atoms with Gasteiger partial charge in [-0.1, -0.05) is 25.5 Å². The van der Waals surface area contributed by atoms with Gasteiger partial charge in [-0.3, -0.25) is 9.79 Å². The zero-order valence-corrected chi connectivity index (χ0v) is 17.4. The van der Waals surface area contributed by atoms with Crippen molar-refractivity contribution < 1.29 is 9.53 Å².